The number of nitrogens with zero attached hydrogens (tertiary/aromatic N) is 5. The van der Waals surface area contributed by atoms with E-state index in [1.807, 2.05) is 44.2 Å². The van der Waals surface area contributed by atoms with E-state index in [-0.39, 0.29) is 11.1 Å². The van der Waals surface area contributed by atoms with Crippen LogP contribution in [0.3, 0.4) is 0 Å². The third-order valence-electron chi connectivity index (χ3n) is 4.80. The van der Waals surface area contributed by atoms with Crippen molar-refractivity contribution in [3.05, 3.63) is 87.7 Å². The lowest BCUT2D eigenvalue weighted by Gasteiger charge is -2.11. The van der Waals surface area contributed by atoms with E-state index in [0.29, 0.717) is 25.4 Å². The third kappa shape index (κ3) is 4.61. The molecule has 158 valence electrons. The molecule has 0 atom stereocenters. The van der Waals surface area contributed by atoms with Crippen molar-refractivity contribution in [3.8, 4) is 0 Å². The third-order valence-corrected chi connectivity index (χ3v) is 4.80. The summed E-state index contributed by atoms with van der Waals surface area (Å²) in [5, 5.41) is 10.1. The number of hydrogen-bond acceptors (Lipinski definition) is 6. The van der Waals surface area contributed by atoms with Crippen molar-refractivity contribution in [1.82, 2.24) is 29.5 Å². The Morgan fingerprint density at radius 2 is 1.97 bits per heavy atom. The summed E-state index contributed by atoms with van der Waals surface area (Å²) in [6, 6.07) is 13.1. The minimum atomic E-state index is -0.401. The molecule has 0 saturated carbocycles. The van der Waals surface area contributed by atoms with Crippen LogP contribution in [-0.2, 0) is 6.54 Å². The molecule has 0 aliphatic carbocycles. The molecule has 0 radical (unpaired) electrons. The number of anilines is 1. The standard InChI is InChI=1S/C22H23N7O2/c1-15-5-3-6-17(11-15)13-28-10-4-7-18(21(28)31)20(30)24-9-8-23-19-12-16(2)27-22-25-14-26-29(19)22/h3-7,10-12,14,23H,8-9,13H2,1-2H3,(H,24,30). The Morgan fingerprint density at radius 1 is 1.10 bits per heavy atom. The van der Waals surface area contributed by atoms with Crippen molar-refractivity contribution in [2.24, 2.45) is 0 Å². The van der Waals surface area contributed by atoms with Gasteiger partial charge in [0.25, 0.3) is 17.2 Å². The molecule has 0 spiro atoms. The van der Waals surface area contributed by atoms with Gasteiger partial charge in [-0.15, -0.1) is 0 Å². The fourth-order valence-corrected chi connectivity index (χ4v) is 3.36. The van der Waals surface area contributed by atoms with E-state index in [0.717, 1.165) is 22.6 Å². The van der Waals surface area contributed by atoms with E-state index in [1.165, 1.54) is 6.33 Å². The first kappa shape index (κ1) is 20.3. The van der Waals surface area contributed by atoms with Gasteiger partial charge in [-0.3, -0.25) is 9.59 Å². The van der Waals surface area contributed by atoms with Gasteiger partial charge in [-0.2, -0.15) is 14.6 Å². The zero-order valence-electron chi connectivity index (χ0n) is 17.4. The minimum Gasteiger partial charge on any atom is -0.368 e. The Balaban J connectivity index is 1.38. The average molecular weight is 417 g/mol. The number of hydrogen-bond donors (Lipinski definition) is 2. The van der Waals surface area contributed by atoms with Crippen molar-refractivity contribution in [1.29, 1.82) is 0 Å². The van der Waals surface area contributed by atoms with E-state index in [9.17, 15) is 9.59 Å². The van der Waals surface area contributed by atoms with Gasteiger partial charge in [0.1, 0.15) is 17.7 Å². The molecule has 1 amide bonds. The lowest BCUT2D eigenvalue weighted by Crippen LogP contribution is -2.35. The highest BCUT2D eigenvalue weighted by Gasteiger charge is 2.12. The number of aryl methyl sites for hydroxylation is 2. The Bertz CT molecular complexity index is 1290. The quantitative estimate of drug-likeness (QED) is 0.444. The molecule has 9 heteroatoms. The second kappa shape index (κ2) is 8.78. The van der Waals surface area contributed by atoms with E-state index >= 15 is 0 Å². The number of aromatic nitrogens is 5. The lowest BCUT2D eigenvalue weighted by molar-refractivity contribution is 0.0953. The topological polar surface area (TPSA) is 106 Å². The highest BCUT2D eigenvalue weighted by molar-refractivity contribution is 5.93. The van der Waals surface area contributed by atoms with Gasteiger partial charge in [0.05, 0.1) is 6.54 Å². The van der Waals surface area contributed by atoms with Gasteiger partial charge in [-0.25, -0.2) is 4.98 Å². The van der Waals surface area contributed by atoms with Crippen molar-refractivity contribution >= 4 is 17.5 Å². The van der Waals surface area contributed by atoms with Crippen LogP contribution in [0.2, 0.25) is 0 Å². The maximum atomic E-state index is 12.8. The molecule has 2 N–H and O–H groups in total. The van der Waals surface area contributed by atoms with Crippen molar-refractivity contribution in [2.45, 2.75) is 20.4 Å². The minimum absolute atomic E-state index is 0.119. The van der Waals surface area contributed by atoms with Crippen LogP contribution in [0.5, 0.6) is 0 Å². The average Bonchev–Trinajstić information content (AvgIpc) is 3.21. The van der Waals surface area contributed by atoms with Crippen molar-refractivity contribution in [3.63, 3.8) is 0 Å². The molecule has 31 heavy (non-hydrogen) atoms. The summed E-state index contributed by atoms with van der Waals surface area (Å²) in [5.41, 5.74) is 2.75. The maximum Gasteiger partial charge on any atom is 0.263 e. The maximum absolute atomic E-state index is 12.8. The molecule has 0 aliphatic heterocycles. The van der Waals surface area contributed by atoms with Crippen LogP contribution in [-0.4, -0.2) is 43.1 Å². The van der Waals surface area contributed by atoms with Crippen LogP contribution >= 0.6 is 0 Å². The van der Waals surface area contributed by atoms with Crippen LogP contribution in [0.15, 0.2) is 59.8 Å². The summed E-state index contributed by atoms with van der Waals surface area (Å²) >= 11 is 0. The second-order valence-electron chi connectivity index (χ2n) is 7.28. The van der Waals surface area contributed by atoms with Gasteiger partial charge in [-0.05, 0) is 31.5 Å². The zero-order valence-corrected chi connectivity index (χ0v) is 17.4. The molecule has 9 nitrogen and oxygen atoms in total. The number of carbonyl (C=O) groups excluding carboxylic acids is 1. The van der Waals surface area contributed by atoms with E-state index in [1.54, 1.807) is 27.4 Å². The summed E-state index contributed by atoms with van der Waals surface area (Å²) in [6.45, 7) is 5.08. The highest BCUT2D eigenvalue weighted by atomic mass is 16.2. The molecule has 0 aliphatic rings. The number of rotatable bonds is 7. The molecule has 4 rings (SSSR count). The molecule has 0 bridgehead atoms. The number of carbonyl (C=O) groups is 1. The molecule has 0 fully saturated rings. The van der Waals surface area contributed by atoms with Crippen LogP contribution in [0.1, 0.15) is 27.2 Å². The number of pyridine rings is 1. The largest absolute Gasteiger partial charge is 0.368 e. The summed E-state index contributed by atoms with van der Waals surface area (Å²) in [7, 11) is 0. The van der Waals surface area contributed by atoms with Crippen molar-refractivity contribution < 1.29 is 4.79 Å². The molecule has 1 aromatic carbocycles. The number of benzene rings is 1. The summed E-state index contributed by atoms with van der Waals surface area (Å²) < 4.78 is 3.14. The van der Waals surface area contributed by atoms with Crippen LogP contribution in [0.25, 0.3) is 5.78 Å². The first-order valence-electron chi connectivity index (χ1n) is 9.96. The molecule has 0 unspecified atom stereocenters. The van der Waals surface area contributed by atoms with E-state index < -0.39 is 5.91 Å². The summed E-state index contributed by atoms with van der Waals surface area (Å²) in [5.74, 6) is 0.835. The monoisotopic (exact) mass is 417 g/mol. The number of fused-ring (bicyclic) bond motifs is 1. The van der Waals surface area contributed by atoms with Gasteiger partial charge in [0.15, 0.2) is 0 Å². The Labute approximate surface area is 178 Å². The summed E-state index contributed by atoms with van der Waals surface area (Å²) in [6.07, 6.45) is 3.13. The van der Waals surface area contributed by atoms with E-state index in [4.69, 9.17) is 0 Å². The number of nitrogens with one attached hydrogen (secondary N) is 2. The first-order valence-corrected chi connectivity index (χ1v) is 9.96. The van der Waals surface area contributed by atoms with Gasteiger partial charge in [0.2, 0.25) is 0 Å². The van der Waals surface area contributed by atoms with Gasteiger partial charge in [-0.1, -0.05) is 29.8 Å². The zero-order chi connectivity index (χ0) is 21.8. The Kier molecular flexibility index (Phi) is 5.74. The second-order valence-corrected chi connectivity index (χ2v) is 7.28. The van der Waals surface area contributed by atoms with E-state index in [2.05, 4.69) is 25.7 Å². The molecule has 4 aromatic rings. The molecule has 3 heterocycles. The normalized spacial score (nSPS) is 10.9. The van der Waals surface area contributed by atoms with Crippen molar-refractivity contribution in [2.75, 3.05) is 18.4 Å². The number of amides is 1. The highest BCUT2D eigenvalue weighted by Crippen LogP contribution is 2.09. The Hall–Kier alpha value is -4.01. The van der Waals surface area contributed by atoms with Gasteiger partial charge >= 0.3 is 0 Å². The lowest BCUT2D eigenvalue weighted by atomic mass is 10.1. The summed E-state index contributed by atoms with van der Waals surface area (Å²) in [4.78, 5) is 33.7. The van der Waals surface area contributed by atoms with Gasteiger partial charge < -0.3 is 15.2 Å². The van der Waals surface area contributed by atoms with Crippen LogP contribution < -0.4 is 16.2 Å². The predicted molar refractivity (Wildman–Crippen MR) is 117 cm³/mol. The van der Waals surface area contributed by atoms with Crippen LogP contribution in [0, 0.1) is 13.8 Å². The molecular formula is C22H23N7O2. The Morgan fingerprint density at radius 3 is 2.81 bits per heavy atom. The first-order chi connectivity index (χ1) is 15.0. The fourth-order valence-electron chi connectivity index (χ4n) is 3.36. The predicted octanol–water partition coefficient (Wildman–Crippen LogP) is 1.79. The fraction of sp³-hybridized carbons (Fsp3) is 0.227. The van der Waals surface area contributed by atoms with Gasteiger partial charge in [0, 0.05) is 31.0 Å². The van der Waals surface area contributed by atoms with Crippen LogP contribution in [0.4, 0.5) is 5.82 Å². The molecule has 0 saturated heterocycles. The molecule has 3 aromatic heterocycles. The SMILES string of the molecule is Cc1cccc(Cn2cccc(C(=O)NCCNc3cc(C)nc4ncnn34)c2=O)c1. The smallest absolute Gasteiger partial charge is 0.263 e. The molecular weight excluding hydrogens is 394 g/mol.